The van der Waals surface area contributed by atoms with Crippen molar-refractivity contribution < 1.29 is 19.7 Å². The summed E-state index contributed by atoms with van der Waals surface area (Å²) in [5, 5.41) is 20.2. The van der Waals surface area contributed by atoms with Crippen LogP contribution in [0.2, 0.25) is 0 Å². The van der Waals surface area contributed by atoms with Crippen molar-refractivity contribution in [3.8, 4) is 0 Å². The van der Waals surface area contributed by atoms with Crippen LogP contribution >= 0.6 is 0 Å². The van der Waals surface area contributed by atoms with Crippen molar-refractivity contribution in [1.82, 2.24) is 0 Å². The molecule has 2 unspecified atom stereocenters. The summed E-state index contributed by atoms with van der Waals surface area (Å²) in [4.78, 5) is 0. The first-order chi connectivity index (χ1) is 14.8. The second-order valence-electron chi connectivity index (χ2n) is 9.96. The van der Waals surface area contributed by atoms with Gasteiger partial charge in [-0.05, 0) is 39.5 Å². The summed E-state index contributed by atoms with van der Waals surface area (Å²) in [6.45, 7) is 6.66. The van der Waals surface area contributed by atoms with Gasteiger partial charge in [0.2, 0.25) is 0 Å². The van der Waals surface area contributed by atoms with E-state index in [1.807, 2.05) is 13.0 Å². The van der Waals surface area contributed by atoms with E-state index in [9.17, 15) is 10.2 Å². The molecule has 5 heteroatoms. The Morgan fingerprint density at radius 2 is 1.55 bits per heavy atom. The third-order valence-corrected chi connectivity index (χ3v) is 6.41. The smallest absolute Gasteiger partial charge is 0.165 e. The van der Waals surface area contributed by atoms with Crippen LogP contribution in [0.4, 0.5) is 0 Å². The second kappa shape index (κ2) is 16.2. The summed E-state index contributed by atoms with van der Waals surface area (Å²) in [7, 11) is 0. The van der Waals surface area contributed by atoms with Crippen molar-refractivity contribution >= 4 is 0 Å². The minimum absolute atomic E-state index is 0.278. The average Bonchev–Trinajstić information content (AvgIpc) is 2.73. The third kappa shape index (κ3) is 14.3. The Hall–Kier alpha value is -0.460. The molecule has 4 atom stereocenters. The Balaban J connectivity index is 1.99. The highest BCUT2D eigenvalue weighted by Gasteiger charge is 2.37. The van der Waals surface area contributed by atoms with Crippen molar-refractivity contribution in [2.24, 2.45) is 5.73 Å². The number of rotatable bonds is 18. The van der Waals surface area contributed by atoms with E-state index in [4.69, 9.17) is 15.2 Å². The van der Waals surface area contributed by atoms with Gasteiger partial charge < -0.3 is 25.4 Å². The Morgan fingerprint density at radius 1 is 0.968 bits per heavy atom. The summed E-state index contributed by atoms with van der Waals surface area (Å²) in [6, 6.07) is -0.344. The molecule has 0 aromatic heterocycles. The molecule has 5 nitrogen and oxygen atoms in total. The Labute approximate surface area is 191 Å². The number of ether oxygens (including phenoxy) is 2. The first kappa shape index (κ1) is 28.6. The molecule has 0 spiro atoms. The molecule has 0 saturated carbocycles. The van der Waals surface area contributed by atoms with Crippen molar-refractivity contribution in [2.75, 3.05) is 13.2 Å². The number of nitrogens with two attached hydrogens (primary N) is 1. The zero-order valence-electron chi connectivity index (χ0n) is 20.6. The van der Waals surface area contributed by atoms with Gasteiger partial charge in [-0.3, -0.25) is 0 Å². The molecule has 184 valence electrons. The predicted octanol–water partition coefficient (Wildman–Crippen LogP) is 5.62. The van der Waals surface area contributed by atoms with Gasteiger partial charge in [-0.1, -0.05) is 83.3 Å². The maximum absolute atomic E-state index is 10.2. The van der Waals surface area contributed by atoms with Crippen LogP contribution in [-0.2, 0) is 9.47 Å². The van der Waals surface area contributed by atoms with Gasteiger partial charge >= 0.3 is 0 Å². The summed E-state index contributed by atoms with van der Waals surface area (Å²) in [5.41, 5.74) is 5.33. The second-order valence-corrected chi connectivity index (χ2v) is 9.96. The standard InChI is InChI=1S/C26H51NO4/c1-4-5-6-7-8-9-10-11-12-13-14-15-16-17-24(28)23(27)18-21-30-26(3)20-19-25(2,29)22-31-26/h16-17,23-24,28-29H,4-15,18-22,27H2,1-3H3/b17-16+/t23-,24+,25?,26?/m0/s1. The summed E-state index contributed by atoms with van der Waals surface area (Å²) in [6.07, 6.45) is 20.9. The fraction of sp³-hybridized carbons (Fsp3) is 0.923. The molecule has 1 fully saturated rings. The molecule has 31 heavy (non-hydrogen) atoms. The van der Waals surface area contributed by atoms with Crippen LogP contribution in [0.5, 0.6) is 0 Å². The molecule has 1 rings (SSSR count). The Kier molecular flexibility index (Phi) is 14.9. The molecule has 0 aliphatic carbocycles. The topological polar surface area (TPSA) is 84.9 Å². The first-order valence-corrected chi connectivity index (χ1v) is 12.9. The van der Waals surface area contributed by atoms with Gasteiger partial charge in [-0.2, -0.15) is 0 Å². The van der Waals surface area contributed by atoms with Crippen LogP contribution in [0.1, 0.15) is 117 Å². The van der Waals surface area contributed by atoms with Crippen molar-refractivity contribution in [3.63, 3.8) is 0 Å². The first-order valence-electron chi connectivity index (χ1n) is 12.9. The van der Waals surface area contributed by atoms with Gasteiger partial charge in [0.25, 0.3) is 0 Å². The van der Waals surface area contributed by atoms with E-state index < -0.39 is 17.5 Å². The Bertz CT molecular complexity index is 456. The van der Waals surface area contributed by atoms with Crippen molar-refractivity contribution in [2.45, 2.75) is 141 Å². The van der Waals surface area contributed by atoms with Crippen LogP contribution in [0, 0.1) is 0 Å². The fourth-order valence-corrected chi connectivity index (χ4v) is 3.95. The number of allylic oxidation sites excluding steroid dienone is 1. The van der Waals surface area contributed by atoms with Gasteiger partial charge in [-0.15, -0.1) is 0 Å². The summed E-state index contributed by atoms with van der Waals surface area (Å²) in [5.74, 6) is -0.669. The maximum atomic E-state index is 10.2. The van der Waals surface area contributed by atoms with Crippen LogP contribution in [0.15, 0.2) is 12.2 Å². The molecular formula is C26H51NO4. The van der Waals surface area contributed by atoms with E-state index in [0.29, 0.717) is 25.9 Å². The lowest BCUT2D eigenvalue weighted by Gasteiger charge is -2.40. The van der Waals surface area contributed by atoms with Crippen LogP contribution in [0.25, 0.3) is 0 Å². The van der Waals surface area contributed by atoms with E-state index in [1.54, 1.807) is 6.92 Å². The van der Waals surface area contributed by atoms with E-state index in [0.717, 1.165) is 6.42 Å². The van der Waals surface area contributed by atoms with E-state index in [1.165, 1.54) is 70.6 Å². The largest absolute Gasteiger partial charge is 0.388 e. The van der Waals surface area contributed by atoms with Gasteiger partial charge in [-0.25, -0.2) is 0 Å². The molecule has 0 amide bonds. The quantitative estimate of drug-likeness (QED) is 0.190. The average molecular weight is 442 g/mol. The summed E-state index contributed by atoms with van der Waals surface area (Å²) < 4.78 is 11.5. The van der Waals surface area contributed by atoms with Crippen LogP contribution in [-0.4, -0.2) is 47.0 Å². The zero-order chi connectivity index (χ0) is 23.0. The van der Waals surface area contributed by atoms with E-state index in [-0.39, 0.29) is 12.6 Å². The SMILES string of the molecule is CCCCCCCCCCCCC/C=C/[C@@H](O)[C@@H](N)CCOC1(C)CCC(C)(O)CO1. The molecule has 1 heterocycles. The lowest BCUT2D eigenvalue weighted by atomic mass is 9.94. The molecule has 0 aromatic carbocycles. The summed E-state index contributed by atoms with van der Waals surface area (Å²) >= 11 is 0. The molecule has 0 aromatic rings. The highest BCUT2D eigenvalue weighted by Crippen LogP contribution is 2.31. The van der Waals surface area contributed by atoms with E-state index >= 15 is 0 Å². The lowest BCUT2D eigenvalue weighted by molar-refractivity contribution is -0.277. The fourth-order valence-electron chi connectivity index (χ4n) is 3.95. The highest BCUT2D eigenvalue weighted by atomic mass is 16.7. The molecule has 0 bridgehead atoms. The molecule has 1 saturated heterocycles. The third-order valence-electron chi connectivity index (χ3n) is 6.41. The van der Waals surface area contributed by atoms with Gasteiger partial charge in [0.05, 0.1) is 24.9 Å². The minimum Gasteiger partial charge on any atom is -0.388 e. The highest BCUT2D eigenvalue weighted by molar-refractivity contribution is 4.94. The number of aliphatic hydroxyl groups is 2. The molecule has 0 radical (unpaired) electrons. The van der Waals surface area contributed by atoms with Crippen molar-refractivity contribution in [1.29, 1.82) is 0 Å². The van der Waals surface area contributed by atoms with E-state index in [2.05, 4.69) is 13.0 Å². The van der Waals surface area contributed by atoms with Gasteiger partial charge in [0.15, 0.2) is 5.79 Å². The molecule has 1 aliphatic rings. The maximum Gasteiger partial charge on any atom is 0.165 e. The normalized spacial score (nSPS) is 26.4. The molecule has 4 N–H and O–H groups in total. The number of hydrogen-bond donors (Lipinski definition) is 3. The van der Waals surface area contributed by atoms with Crippen molar-refractivity contribution in [3.05, 3.63) is 12.2 Å². The monoisotopic (exact) mass is 441 g/mol. The van der Waals surface area contributed by atoms with Gasteiger partial charge in [0.1, 0.15) is 0 Å². The predicted molar refractivity (Wildman–Crippen MR) is 129 cm³/mol. The van der Waals surface area contributed by atoms with Crippen LogP contribution < -0.4 is 5.73 Å². The lowest BCUT2D eigenvalue weighted by Crippen LogP contribution is -2.47. The minimum atomic E-state index is -0.770. The number of hydrogen-bond acceptors (Lipinski definition) is 5. The number of unbranched alkanes of at least 4 members (excludes halogenated alkanes) is 11. The molecular weight excluding hydrogens is 390 g/mol. The Morgan fingerprint density at radius 3 is 2.10 bits per heavy atom. The van der Waals surface area contributed by atoms with Crippen LogP contribution in [0.3, 0.4) is 0 Å². The molecule has 1 aliphatic heterocycles. The van der Waals surface area contributed by atoms with Gasteiger partial charge in [0, 0.05) is 12.5 Å². The zero-order valence-corrected chi connectivity index (χ0v) is 20.6. The number of aliphatic hydroxyl groups excluding tert-OH is 1.